The number of nitrogens with zero attached hydrogens (tertiary/aromatic N) is 2. The molecule has 14 heavy (non-hydrogen) atoms. The Morgan fingerprint density at radius 1 is 1.50 bits per heavy atom. The third-order valence-corrected chi connectivity index (χ3v) is 2.20. The zero-order chi connectivity index (χ0) is 10.2. The number of hydrogen-bond acceptors (Lipinski definition) is 3. The van der Waals surface area contributed by atoms with Crippen molar-refractivity contribution in [1.29, 1.82) is 0 Å². The summed E-state index contributed by atoms with van der Waals surface area (Å²) in [5.41, 5.74) is 0. The summed E-state index contributed by atoms with van der Waals surface area (Å²) in [6.45, 7) is -0.00199. The quantitative estimate of drug-likeness (QED) is 0.733. The molecule has 0 aliphatic heterocycles. The van der Waals surface area contributed by atoms with Crippen molar-refractivity contribution in [1.82, 2.24) is 9.97 Å². The largest absolute Gasteiger partial charge is 0.490 e. The fourth-order valence-corrected chi connectivity index (χ4v) is 1.12. The van der Waals surface area contributed by atoms with Crippen LogP contribution in [0.4, 0.5) is 8.78 Å². The van der Waals surface area contributed by atoms with Gasteiger partial charge >= 0.3 is 0 Å². The molecule has 1 aromatic heterocycles. The van der Waals surface area contributed by atoms with Crippen LogP contribution in [0.3, 0.4) is 0 Å². The summed E-state index contributed by atoms with van der Waals surface area (Å²) >= 11 is 5.43. The van der Waals surface area contributed by atoms with E-state index in [4.69, 9.17) is 16.3 Å². The van der Waals surface area contributed by atoms with Crippen molar-refractivity contribution in [2.45, 2.75) is 12.3 Å². The smallest absolute Gasteiger partial charge is 0.255 e. The minimum atomic E-state index is -2.55. The molecule has 0 amide bonds. The van der Waals surface area contributed by atoms with Crippen LogP contribution >= 0.6 is 11.6 Å². The molecule has 0 bridgehead atoms. The van der Waals surface area contributed by atoms with Gasteiger partial charge in [-0.2, -0.15) is 0 Å². The van der Waals surface area contributed by atoms with E-state index < -0.39 is 11.8 Å². The van der Waals surface area contributed by atoms with E-state index in [0.717, 1.165) is 0 Å². The van der Waals surface area contributed by atoms with E-state index in [1.54, 1.807) is 0 Å². The molecule has 1 aliphatic carbocycles. The number of rotatable bonds is 3. The molecule has 0 aromatic carbocycles. The molecule has 0 unspecified atom stereocenters. The minimum absolute atomic E-state index is 0.00199. The van der Waals surface area contributed by atoms with Gasteiger partial charge in [0, 0.05) is 6.42 Å². The number of halogens is 3. The van der Waals surface area contributed by atoms with Gasteiger partial charge in [0.15, 0.2) is 5.75 Å². The lowest BCUT2D eigenvalue weighted by molar-refractivity contribution is 0.0855. The van der Waals surface area contributed by atoms with Crippen LogP contribution < -0.4 is 4.74 Å². The highest BCUT2D eigenvalue weighted by Crippen LogP contribution is 2.48. The third kappa shape index (κ3) is 2.09. The first kappa shape index (κ1) is 9.58. The van der Waals surface area contributed by atoms with E-state index in [2.05, 4.69) is 9.97 Å². The van der Waals surface area contributed by atoms with Gasteiger partial charge in [-0.05, 0) is 11.6 Å². The summed E-state index contributed by atoms with van der Waals surface area (Å²) in [7, 11) is 0. The average Bonchev–Trinajstić information content (AvgIpc) is 2.73. The molecule has 0 radical (unpaired) electrons. The second-order valence-corrected chi connectivity index (χ2v) is 3.50. The topological polar surface area (TPSA) is 35.0 Å². The lowest BCUT2D eigenvalue weighted by Crippen LogP contribution is -2.05. The molecule has 1 aromatic rings. The molecule has 0 N–H and O–H groups in total. The van der Waals surface area contributed by atoms with Crippen molar-refractivity contribution in [3.63, 3.8) is 0 Å². The Morgan fingerprint density at radius 3 is 2.57 bits per heavy atom. The van der Waals surface area contributed by atoms with E-state index in [1.807, 2.05) is 0 Å². The Hall–Kier alpha value is -0.970. The maximum Gasteiger partial charge on any atom is 0.255 e. The Bertz CT molecular complexity index is 331. The Kier molecular flexibility index (Phi) is 2.26. The number of hydrogen-bond donors (Lipinski definition) is 0. The fourth-order valence-electron chi connectivity index (χ4n) is 1.02. The van der Waals surface area contributed by atoms with Gasteiger partial charge in [-0.3, -0.25) is 0 Å². The van der Waals surface area contributed by atoms with Gasteiger partial charge in [-0.1, -0.05) is 0 Å². The van der Waals surface area contributed by atoms with Gasteiger partial charge in [0.05, 0.1) is 24.9 Å². The van der Waals surface area contributed by atoms with Crippen LogP contribution in [0.2, 0.25) is 5.28 Å². The van der Waals surface area contributed by atoms with E-state index in [9.17, 15) is 8.78 Å². The maximum atomic E-state index is 12.4. The van der Waals surface area contributed by atoms with Crippen molar-refractivity contribution in [3.05, 3.63) is 17.7 Å². The summed E-state index contributed by atoms with van der Waals surface area (Å²) in [6.07, 6.45) is 2.62. The van der Waals surface area contributed by atoms with Crippen LogP contribution in [0.1, 0.15) is 6.42 Å². The lowest BCUT2D eigenvalue weighted by Gasteiger charge is -2.03. The van der Waals surface area contributed by atoms with Gasteiger partial charge < -0.3 is 4.74 Å². The summed E-state index contributed by atoms with van der Waals surface area (Å²) in [5, 5.41) is 0.106. The minimum Gasteiger partial charge on any atom is -0.490 e. The molecule has 1 atom stereocenters. The second-order valence-electron chi connectivity index (χ2n) is 3.16. The summed E-state index contributed by atoms with van der Waals surface area (Å²) in [5.74, 6) is -2.86. The molecule has 0 saturated heterocycles. The zero-order valence-corrected chi connectivity index (χ0v) is 7.84. The first-order valence-electron chi connectivity index (χ1n) is 4.06. The van der Waals surface area contributed by atoms with Crippen LogP contribution in [-0.2, 0) is 0 Å². The van der Waals surface area contributed by atoms with Gasteiger partial charge in [0.25, 0.3) is 5.92 Å². The van der Waals surface area contributed by atoms with Crippen LogP contribution in [0.25, 0.3) is 0 Å². The van der Waals surface area contributed by atoms with E-state index in [1.165, 1.54) is 12.4 Å². The molecule has 2 rings (SSSR count). The molecule has 1 aliphatic rings. The van der Waals surface area contributed by atoms with Crippen molar-refractivity contribution in [2.75, 3.05) is 6.61 Å². The average molecular weight is 221 g/mol. The first-order chi connectivity index (χ1) is 6.58. The molecule has 3 nitrogen and oxygen atoms in total. The summed E-state index contributed by atoms with van der Waals surface area (Å²) in [4.78, 5) is 7.31. The van der Waals surface area contributed by atoms with E-state index in [0.29, 0.717) is 5.75 Å². The van der Waals surface area contributed by atoms with Gasteiger partial charge in [-0.15, -0.1) is 0 Å². The van der Waals surface area contributed by atoms with Crippen LogP contribution in [0.5, 0.6) is 5.75 Å². The summed E-state index contributed by atoms with van der Waals surface area (Å²) < 4.78 is 29.9. The van der Waals surface area contributed by atoms with Crippen molar-refractivity contribution < 1.29 is 13.5 Å². The molecular weight excluding hydrogens is 214 g/mol. The zero-order valence-electron chi connectivity index (χ0n) is 7.08. The van der Waals surface area contributed by atoms with E-state index in [-0.39, 0.29) is 18.3 Å². The molecule has 6 heteroatoms. The summed E-state index contributed by atoms with van der Waals surface area (Å²) in [6, 6.07) is 0. The van der Waals surface area contributed by atoms with Crippen LogP contribution in [0, 0.1) is 5.92 Å². The molecule has 1 fully saturated rings. The van der Waals surface area contributed by atoms with E-state index >= 15 is 0 Å². The van der Waals surface area contributed by atoms with Crippen molar-refractivity contribution >= 4 is 11.6 Å². The monoisotopic (exact) mass is 220 g/mol. The molecule has 76 valence electrons. The van der Waals surface area contributed by atoms with Crippen LogP contribution in [-0.4, -0.2) is 22.5 Å². The van der Waals surface area contributed by atoms with Crippen molar-refractivity contribution in [2.24, 2.45) is 5.92 Å². The fraction of sp³-hybridized carbons (Fsp3) is 0.500. The third-order valence-electron chi connectivity index (χ3n) is 2.00. The standard InChI is InChI=1S/C8H7ClF2N2O/c9-7-12-2-6(3-13-7)14-4-5-1-8(5,10)11/h2-3,5H,1,4H2/t5-/m0/s1. The highest BCUT2D eigenvalue weighted by Gasteiger charge is 2.57. The highest BCUT2D eigenvalue weighted by atomic mass is 35.5. The van der Waals surface area contributed by atoms with Crippen molar-refractivity contribution in [3.8, 4) is 5.75 Å². The lowest BCUT2D eigenvalue weighted by atomic mass is 10.4. The Morgan fingerprint density at radius 2 is 2.07 bits per heavy atom. The molecule has 0 spiro atoms. The molecular formula is C8H7ClF2N2O. The highest BCUT2D eigenvalue weighted by molar-refractivity contribution is 6.28. The van der Waals surface area contributed by atoms with Gasteiger partial charge in [0.2, 0.25) is 5.28 Å². The molecule has 1 saturated carbocycles. The van der Waals surface area contributed by atoms with Crippen LogP contribution in [0.15, 0.2) is 12.4 Å². The van der Waals surface area contributed by atoms with Gasteiger partial charge in [-0.25, -0.2) is 18.7 Å². The number of ether oxygens (including phenoxy) is 1. The normalized spacial score (nSPS) is 23.2. The Balaban J connectivity index is 1.84. The predicted octanol–water partition coefficient (Wildman–Crippen LogP) is 2.16. The number of aromatic nitrogens is 2. The Labute approximate surface area is 84.1 Å². The van der Waals surface area contributed by atoms with Gasteiger partial charge in [0.1, 0.15) is 0 Å². The predicted molar refractivity (Wildman–Crippen MR) is 45.6 cm³/mol. The number of alkyl halides is 2. The molecule has 1 heterocycles. The maximum absolute atomic E-state index is 12.4. The SMILES string of the molecule is FC1(F)C[C@H]1COc1cnc(Cl)nc1. The first-order valence-corrected chi connectivity index (χ1v) is 4.44. The second kappa shape index (κ2) is 3.31.